The lowest BCUT2D eigenvalue weighted by atomic mass is 9.96. The molecule has 0 bridgehead atoms. The predicted octanol–water partition coefficient (Wildman–Crippen LogP) is 3.94. The van der Waals surface area contributed by atoms with Crippen molar-refractivity contribution in [1.29, 1.82) is 0 Å². The van der Waals surface area contributed by atoms with E-state index in [-0.39, 0.29) is 0 Å². The second kappa shape index (κ2) is 6.49. The maximum absolute atomic E-state index is 3.59. The van der Waals surface area contributed by atoms with Crippen molar-refractivity contribution >= 4 is 0 Å². The van der Waals surface area contributed by atoms with Gasteiger partial charge in [-0.15, -0.1) is 0 Å². The standard InChI is InChI=1S/C15H23N/c1-12(2)10-11-16-15(13(3)4)14-8-6-5-7-9-14/h5-10,13,15-16H,11H2,1-4H3. The normalized spacial score (nSPS) is 12.6. The quantitative estimate of drug-likeness (QED) is 0.737. The third-order valence-corrected chi connectivity index (χ3v) is 2.67. The van der Waals surface area contributed by atoms with E-state index >= 15 is 0 Å². The number of rotatable bonds is 5. The van der Waals surface area contributed by atoms with Crippen LogP contribution in [0, 0.1) is 5.92 Å². The van der Waals surface area contributed by atoms with Gasteiger partial charge in [0, 0.05) is 12.6 Å². The van der Waals surface area contributed by atoms with Gasteiger partial charge in [-0.3, -0.25) is 0 Å². The Balaban J connectivity index is 2.66. The van der Waals surface area contributed by atoms with Crippen molar-refractivity contribution in [2.45, 2.75) is 33.7 Å². The highest BCUT2D eigenvalue weighted by atomic mass is 14.9. The smallest absolute Gasteiger partial charge is 0.0346 e. The highest BCUT2D eigenvalue weighted by Gasteiger charge is 2.13. The molecule has 0 heterocycles. The molecule has 1 N–H and O–H groups in total. The van der Waals surface area contributed by atoms with Crippen LogP contribution >= 0.6 is 0 Å². The molecule has 0 spiro atoms. The molecule has 1 heteroatoms. The Bertz CT molecular complexity index is 321. The molecule has 0 radical (unpaired) electrons. The van der Waals surface area contributed by atoms with Crippen molar-refractivity contribution < 1.29 is 0 Å². The number of nitrogens with one attached hydrogen (secondary N) is 1. The summed E-state index contributed by atoms with van der Waals surface area (Å²) in [6, 6.07) is 11.1. The summed E-state index contributed by atoms with van der Waals surface area (Å²) in [6.45, 7) is 9.73. The van der Waals surface area contributed by atoms with Crippen molar-refractivity contribution in [3.8, 4) is 0 Å². The van der Waals surface area contributed by atoms with E-state index in [1.807, 2.05) is 0 Å². The van der Waals surface area contributed by atoms with Crippen LogP contribution in [0.4, 0.5) is 0 Å². The fourth-order valence-corrected chi connectivity index (χ4v) is 1.79. The third kappa shape index (κ3) is 4.19. The summed E-state index contributed by atoms with van der Waals surface area (Å²) in [5.74, 6) is 0.605. The minimum Gasteiger partial charge on any atom is -0.306 e. The van der Waals surface area contributed by atoms with Gasteiger partial charge in [0.1, 0.15) is 0 Å². The van der Waals surface area contributed by atoms with Crippen molar-refractivity contribution in [1.82, 2.24) is 5.32 Å². The summed E-state index contributed by atoms with van der Waals surface area (Å²) >= 11 is 0. The average Bonchev–Trinajstić information content (AvgIpc) is 2.25. The van der Waals surface area contributed by atoms with Gasteiger partial charge in [0.05, 0.1) is 0 Å². The molecule has 1 unspecified atom stereocenters. The Labute approximate surface area is 99.6 Å². The van der Waals surface area contributed by atoms with E-state index < -0.39 is 0 Å². The molecule has 1 nitrogen and oxygen atoms in total. The topological polar surface area (TPSA) is 12.0 Å². The summed E-state index contributed by atoms with van der Waals surface area (Å²) in [6.07, 6.45) is 2.23. The molecule has 0 aliphatic carbocycles. The highest BCUT2D eigenvalue weighted by Crippen LogP contribution is 2.20. The lowest BCUT2D eigenvalue weighted by Gasteiger charge is -2.22. The van der Waals surface area contributed by atoms with Crippen LogP contribution in [0.3, 0.4) is 0 Å². The predicted molar refractivity (Wildman–Crippen MR) is 71.5 cm³/mol. The van der Waals surface area contributed by atoms with Crippen LogP contribution in [0.1, 0.15) is 39.3 Å². The van der Waals surface area contributed by atoms with Crippen molar-refractivity contribution in [2.75, 3.05) is 6.54 Å². The molecule has 0 saturated carbocycles. The maximum Gasteiger partial charge on any atom is 0.0346 e. The minimum atomic E-state index is 0.441. The summed E-state index contributed by atoms with van der Waals surface area (Å²) < 4.78 is 0. The summed E-state index contributed by atoms with van der Waals surface area (Å²) in [5.41, 5.74) is 2.74. The first-order chi connectivity index (χ1) is 7.61. The Morgan fingerprint density at radius 1 is 1.19 bits per heavy atom. The largest absolute Gasteiger partial charge is 0.306 e. The SMILES string of the molecule is CC(C)=CCNC(c1ccccc1)C(C)C. The van der Waals surface area contributed by atoms with Gasteiger partial charge < -0.3 is 5.32 Å². The molecule has 0 fully saturated rings. The first-order valence-electron chi connectivity index (χ1n) is 6.03. The second-order valence-corrected chi connectivity index (χ2v) is 4.82. The van der Waals surface area contributed by atoms with Crippen LogP contribution in [0.25, 0.3) is 0 Å². The summed E-state index contributed by atoms with van der Waals surface area (Å²) in [5, 5.41) is 3.59. The molecular formula is C15H23N. The first-order valence-corrected chi connectivity index (χ1v) is 6.03. The van der Waals surface area contributed by atoms with Crippen molar-refractivity contribution in [3.63, 3.8) is 0 Å². The molecule has 1 rings (SSSR count). The van der Waals surface area contributed by atoms with E-state index in [1.54, 1.807) is 0 Å². The van der Waals surface area contributed by atoms with Gasteiger partial charge in [-0.1, -0.05) is 55.8 Å². The molecule has 0 aromatic heterocycles. The van der Waals surface area contributed by atoms with Crippen LogP contribution in [-0.4, -0.2) is 6.54 Å². The zero-order chi connectivity index (χ0) is 12.0. The molecule has 0 aliphatic rings. The Kier molecular flexibility index (Phi) is 5.27. The fourth-order valence-electron chi connectivity index (χ4n) is 1.79. The number of hydrogen-bond donors (Lipinski definition) is 1. The summed E-state index contributed by atoms with van der Waals surface area (Å²) in [7, 11) is 0. The Morgan fingerprint density at radius 3 is 2.31 bits per heavy atom. The molecule has 1 atom stereocenters. The van der Waals surface area contributed by atoms with E-state index in [0.29, 0.717) is 12.0 Å². The Hall–Kier alpha value is -1.08. The lowest BCUT2D eigenvalue weighted by molar-refractivity contribution is 0.429. The molecule has 16 heavy (non-hydrogen) atoms. The number of hydrogen-bond acceptors (Lipinski definition) is 1. The summed E-state index contributed by atoms with van der Waals surface area (Å²) in [4.78, 5) is 0. The minimum absolute atomic E-state index is 0.441. The van der Waals surface area contributed by atoms with Crippen LogP contribution in [0.5, 0.6) is 0 Å². The molecule has 1 aromatic rings. The number of benzene rings is 1. The molecule has 0 amide bonds. The number of allylic oxidation sites excluding steroid dienone is 1. The zero-order valence-electron chi connectivity index (χ0n) is 10.8. The van der Waals surface area contributed by atoms with Crippen LogP contribution in [0.15, 0.2) is 42.0 Å². The van der Waals surface area contributed by atoms with Crippen LogP contribution in [-0.2, 0) is 0 Å². The molecule has 0 aliphatic heterocycles. The van der Waals surface area contributed by atoms with Gasteiger partial charge in [0.15, 0.2) is 0 Å². The van der Waals surface area contributed by atoms with Crippen LogP contribution < -0.4 is 5.32 Å². The van der Waals surface area contributed by atoms with Gasteiger partial charge in [-0.25, -0.2) is 0 Å². The lowest BCUT2D eigenvalue weighted by Crippen LogP contribution is -2.25. The average molecular weight is 217 g/mol. The van der Waals surface area contributed by atoms with E-state index in [2.05, 4.69) is 69.4 Å². The molecular weight excluding hydrogens is 194 g/mol. The Morgan fingerprint density at radius 2 is 1.81 bits per heavy atom. The molecule has 1 aromatic carbocycles. The second-order valence-electron chi connectivity index (χ2n) is 4.82. The third-order valence-electron chi connectivity index (χ3n) is 2.67. The highest BCUT2D eigenvalue weighted by molar-refractivity contribution is 5.19. The van der Waals surface area contributed by atoms with Crippen molar-refractivity contribution in [3.05, 3.63) is 47.5 Å². The fraction of sp³-hybridized carbons (Fsp3) is 0.467. The van der Waals surface area contributed by atoms with Gasteiger partial charge >= 0.3 is 0 Å². The van der Waals surface area contributed by atoms with Gasteiger partial charge in [0.2, 0.25) is 0 Å². The van der Waals surface area contributed by atoms with E-state index in [1.165, 1.54) is 11.1 Å². The van der Waals surface area contributed by atoms with E-state index in [9.17, 15) is 0 Å². The van der Waals surface area contributed by atoms with Gasteiger partial charge in [-0.2, -0.15) is 0 Å². The zero-order valence-corrected chi connectivity index (χ0v) is 10.8. The monoisotopic (exact) mass is 217 g/mol. The maximum atomic E-state index is 3.59. The van der Waals surface area contributed by atoms with E-state index in [0.717, 1.165) is 6.54 Å². The van der Waals surface area contributed by atoms with Crippen LogP contribution in [0.2, 0.25) is 0 Å². The molecule has 88 valence electrons. The van der Waals surface area contributed by atoms with Crippen molar-refractivity contribution in [2.24, 2.45) is 5.92 Å². The van der Waals surface area contributed by atoms with Gasteiger partial charge in [-0.05, 0) is 25.3 Å². The molecule has 0 saturated heterocycles. The first kappa shape index (κ1) is 13.0. The van der Waals surface area contributed by atoms with E-state index in [4.69, 9.17) is 0 Å². The van der Waals surface area contributed by atoms with Gasteiger partial charge in [0.25, 0.3) is 0 Å².